The molecule has 3 rings (SSSR count). The van der Waals surface area contributed by atoms with E-state index in [1.165, 1.54) is 25.3 Å². The van der Waals surface area contributed by atoms with Gasteiger partial charge in [0.25, 0.3) is 10.0 Å². The van der Waals surface area contributed by atoms with Gasteiger partial charge in [0, 0.05) is 23.1 Å². The van der Waals surface area contributed by atoms with E-state index in [2.05, 4.69) is 5.32 Å². The number of sulfonamides is 1. The average molecular weight is 574 g/mol. The maximum atomic E-state index is 13.5. The van der Waals surface area contributed by atoms with Gasteiger partial charge in [-0.2, -0.15) is 11.8 Å². The number of nitrogens with zero attached hydrogens (tertiary/aromatic N) is 1. The first-order valence-corrected chi connectivity index (χ1v) is 14.1. The van der Waals surface area contributed by atoms with E-state index in [4.69, 9.17) is 39.5 Å². The number of carbonyl (C=O) groups is 1. The van der Waals surface area contributed by atoms with Crippen molar-refractivity contribution in [2.45, 2.75) is 10.6 Å². The minimum atomic E-state index is -4.07. The van der Waals surface area contributed by atoms with Crippen LogP contribution in [-0.2, 0) is 20.6 Å². The van der Waals surface area contributed by atoms with Gasteiger partial charge in [-0.25, -0.2) is 8.42 Å². The lowest BCUT2D eigenvalue weighted by Gasteiger charge is -2.25. The van der Waals surface area contributed by atoms with E-state index in [1.54, 1.807) is 54.2 Å². The second-order valence-electron chi connectivity index (χ2n) is 7.29. The SMILES string of the molecule is COc1ccc(Cl)cc1N(CC(=O)NCCSCc1ccc(Cl)c(Cl)c1)S(=O)(=O)c1ccccc1. The fourth-order valence-corrected chi connectivity index (χ4v) is 5.88. The summed E-state index contributed by atoms with van der Waals surface area (Å²) in [4.78, 5) is 12.8. The summed E-state index contributed by atoms with van der Waals surface area (Å²) >= 11 is 19.7. The number of anilines is 1. The Hall–Kier alpha value is -2.10. The van der Waals surface area contributed by atoms with Crippen LogP contribution >= 0.6 is 46.6 Å². The summed E-state index contributed by atoms with van der Waals surface area (Å²) in [7, 11) is -2.65. The van der Waals surface area contributed by atoms with Crippen LogP contribution in [0.4, 0.5) is 5.69 Å². The molecule has 0 aliphatic rings. The molecule has 1 amide bonds. The van der Waals surface area contributed by atoms with Crippen molar-refractivity contribution in [3.05, 3.63) is 87.4 Å². The number of hydrogen-bond acceptors (Lipinski definition) is 5. The first kappa shape index (κ1) is 27.5. The van der Waals surface area contributed by atoms with E-state index in [0.29, 0.717) is 33.1 Å². The van der Waals surface area contributed by atoms with Crippen LogP contribution in [0.3, 0.4) is 0 Å². The minimum absolute atomic E-state index is 0.0482. The predicted octanol–water partition coefficient (Wildman–Crippen LogP) is 5.90. The molecule has 0 spiro atoms. The van der Waals surface area contributed by atoms with E-state index < -0.39 is 22.5 Å². The third-order valence-corrected chi connectivity index (χ3v) is 8.63. The molecule has 0 saturated heterocycles. The van der Waals surface area contributed by atoms with Crippen LogP contribution in [0.25, 0.3) is 0 Å². The second-order valence-corrected chi connectivity index (χ2v) is 11.5. The molecule has 0 bridgehead atoms. The van der Waals surface area contributed by atoms with Gasteiger partial charge in [-0.15, -0.1) is 0 Å². The minimum Gasteiger partial charge on any atom is -0.495 e. The summed E-state index contributed by atoms with van der Waals surface area (Å²) < 4.78 is 33.3. The summed E-state index contributed by atoms with van der Waals surface area (Å²) in [5.74, 6) is 1.14. The largest absolute Gasteiger partial charge is 0.495 e. The van der Waals surface area contributed by atoms with Crippen LogP contribution < -0.4 is 14.4 Å². The second kappa shape index (κ2) is 12.7. The van der Waals surface area contributed by atoms with E-state index in [9.17, 15) is 13.2 Å². The third kappa shape index (κ3) is 7.44. The van der Waals surface area contributed by atoms with Gasteiger partial charge in [0.1, 0.15) is 12.3 Å². The maximum Gasteiger partial charge on any atom is 0.264 e. The van der Waals surface area contributed by atoms with Gasteiger partial charge in [-0.1, -0.05) is 59.1 Å². The number of thioether (sulfide) groups is 1. The number of carbonyl (C=O) groups excluding carboxylic acids is 1. The highest BCUT2D eigenvalue weighted by Crippen LogP contribution is 2.34. The smallest absolute Gasteiger partial charge is 0.264 e. The van der Waals surface area contributed by atoms with Gasteiger partial charge in [0.15, 0.2) is 0 Å². The van der Waals surface area contributed by atoms with Crippen molar-refractivity contribution in [2.24, 2.45) is 0 Å². The molecule has 11 heteroatoms. The molecule has 0 aliphatic carbocycles. The summed E-state index contributed by atoms with van der Waals surface area (Å²) in [5, 5.41) is 4.09. The first-order valence-electron chi connectivity index (χ1n) is 10.4. The van der Waals surface area contributed by atoms with Crippen molar-refractivity contribution in [2.75, 3.05) is 30.3 Å². The van der Waals surface area contributed by atoms with Crippen LogP contribution in [-0.4, -0.2) is 40.3 Å². The van der Waals surface area contributed by atoms with Crippen molar-refractivity contribution >= 4 is 68.2 Å². The lowest BCUT2D eigenvalue weighted by Crippen LogP contribution is -2.41. The topological polar surface area (TPSA) is 75.7 Å². The standard InChI is InChI=1S/C24H23Cl3N2O4S2/c1-33-23-10-8-18(25)14-22(23)29(35(31,32)19-5-3-2-4-6-19)15-24(30)28-11-12-34-16-17-7-9-20(26)21(27)13-17/h2-10,13-14H,11-12,15-16H2,1H3,(H,28,30). The van der Waals surface area contributed by atoms with Crippen LogP contribution in [0.1, 0.15) is 5.56 Å². The number of halogens is 3. The maximum absolute atomic E-state index is 13.5. The van der Waals surface area contributed by atoms with Crippen LogP contribution in [0, 0.1) is 0 Å². The molecule has 0 unspecified atom stereocenters. The molecule has 3 aromatic rings. The number of hydrogen-bond donors (Lipinski definition) is 1. The number of rotatable bonds is 11. The normalized spacial score (nSPS) is 11.2. The molecule has 0 atom stereocenters. The van der Waals surface area contributed by atoms with Gasteiger partial charge in [-0.3, -0.25) is 9.10 Å². The lowest BCUT2D eigenvalue weighted by atomic mass is 10.2. The third-order valence-electron chi connectivity index (χ3n) is 4.85. The van der Waals surface area contributed by atoms with Crippen LogP contribution in [0.5, 0.6) is 5.75 Å². The molecule has 6 nitrogen and oxygen atoms in total. The zero-order valence-electron chi connectivity index (χ0n) is 18.7. The zero-order chi connectivity index (χ0) is 25.4. The highest BCUT2D eigenvalue weighted by Gasteiger charge is 2.29. The van der Waals surface area contributed by atoms with Crippen molar-refractivity contribution in [1.82, 2.24) is 5.32 Å². The summed E-state index contributed by atoms with van der Waals surface area (Å²) in [5.41, 5.74) is 1.19. The van der Waals surface area contributed by atoms with Gasteiger partial charge in [-0.05, 0) is 48.0 Å². The molecule has 1 N–H and O–H groups in total. The number of benzene rings is 3. The molecule has 0 radical (unpaired) electrons. The number of methoxy groups -OCH3 is 1. The summed E-state index contributed by atoms with van der Waals surface area (Å²) in [6.07, 6.45) is 0. The monoisotopic (exact) mass is 572 g/mol. The lowest BCUT2D eigenvalue weighted by molar-refractivity contribution is -0.119. The highest BCUT2D eigenvalue weighted by atomic mass is 35.5. The Kier molecular flexibility index (Phi) is 10.0. The highest BCUT2D eigenvalue weighted by molar-refractivity contribution is 7.98. The van der Waals surface area contributed by atoms with Crippen molar-refractivity contribution in [3.63, 3.8) is 0 Å². The molecule has 0 heterocycles. The summed E-state index contributed by atoms with van der Waals surface area (Å²) in [6.45, 7) is -0.0812. The van der Waals surface area contributed by atoms with Gasteiger partial charge in [0.2, 0.25) is 5.91 Å². The number of amides is 1. The van der Waals surface area contributed by atoms with Gasteiger partial charge >= 0.3 is 0 Å². The molecule has 0 saturated carbocycles. The van der Waals surface area contributed by atoms with E-state index >= 15 is 0 Å². The molecular formula is C24H23Cl3N2O4S2. The Labute approximate surface area is 224 Å². The quantitative estimate of drug-likeness (QED) is 0.289. The molecule has 3 aromatic carbocycles. The zero-order valence-corrected chi connectivity index (χ0v) is 22.6. The predicted molar refractivity (Wildman–Crippen MR) is 145 cm³/mol. The van der Waals surface area contributed by atoms with Crippen molar-refractivity contribution in [3.8, 4) is 5.75 Å². The van der Waals surface area contributed by atoms with Crippen LogP contribution in [0.15, 0.2) is 71.6 Å². The molecule has 35 heavy (non-hydrogen) atoms. The van der Waals surface area contributed by atoms with E-state index in [1.807, 2.05) is 6.07 Å². The molecule has 0 aliphatic heterocycles. The van der Waals surface area contributed by atoms with Crippen molar-refractivity contribution in [1.29, 1.82) is 0 Å². The Morgan fingerprint density at radius 3 is 2.43 bits per heavy atom. The summed E-state index contributed by atoms with van der Waals surface area (Å²) in [6, 6.07) is 17.9. The van der Waals surface area contributed by atoms with Crippen LogP contribution in [0.2, 0.25) is 15.1 Å². The molecule has 0 fully saturated rings. The van der Waals surface area contributed by atoms with Gasteiger partial charge < -0.3 is 10.1 Å². The molecule has 186 valence electrons. The number of ether oxygens (including phenoxy) is 1. The van der Waals surface area contributed by atoms with Crippen molar-refractivity contribution < 1.29 is 17.9 Å². The van der Waals surface area contributed by atoms with E-state index in [-0.39, 0.29) is 16.3 Å². The molecule has 0 aromatic heterocycles. The molecular weight excluding hydrogens is 551 g/mol. The fourth-order valence-electron chi connectivity index (χ4n) is 3.15. The van der Waals surface area contributed by atoms with E-state index in [0.717, 1.165) is 9.87 Å². The Balaban J connectivity index is 1.69. The Morgan fingerprint density at radius 1 is 1.00 bits per heavy atom. The fraction of sp³-hybridized carbons (Fsp3) is 0.208. The number of nitrogens with one attached hydrogen (secondary N) is 1. The van der Waals surface area contributed by atoms with Gasteiger partial charge in [0.05, 0.1) is 27.7 Å². The average Bonchev–Trinajstić information content (AvgIpc) is 2.85. The Bertz CT molecular complexity index is 1280. The Morgan fingerprint density at radius 2 is 1.74 bits per heavy atom. The first-order chi connectivity index (χ1) is 16.7.